The van der Waals surface area contributed by atoms with Gasteiger partial charge in [-0.1, -0.05) is 11.2 Å². The third-order valence-electron chi connectivity index (χ3n) is 3.16. The smallest absolute Gasteiger partial charge is 0.201 e. The van der Waals surface area contributed by atoms with Crippen LogP contribution in [0.1, 0.15) is 11.5 Å². The number of aromatic nitrogens is 3. The second-order valence-corrected chi connectivity index (χ2v) is 6.87. The van der Waals surface area contributed by atoms with Gasteiger partial charge >= 0.3 is 0 Å². The van der Waals surface area contributed by atoms with Gasteiger partial charge in [-0.15, -0.1) is 0 Å². The molecule has 2 aromatic heterocycles. The van der Waals surface area contributed by atoms with Gasteiger partial charge in [-0.3, -0.25) is 0 Å². The van der Waals surface area contributed by atoms with Crippen LogP contribution in [0.25, 0.3) is 11.0 Å². The monoisotopic (exact) mass is 306 g/mol. The van der Waals surface area contributed by atoms with Crippen molar-refractivity contribution in [2.75, 3.05) is 12.0 Å². The molecule has 2 N–H and O–H groups in total. The van der Waals surface area contributed by atoms with Crippen LogP contribution in [0.5, 0.6) is 0 Å². The Kier molecular flexibility index (Phi) is 2.98. The van der Waals surface area contributed by atoms with E-state index in [4.69, 9.17) is 10.3 Å². The Morgan fingerprint density at radius 2 is 2.14 bits per heavy atom. The quantitative estimate of drug-likeness (QED) is 0.783. The minimum absolute atomic E-state index is 0.166. The summed E-state index contributed by atoms with van der Waals surface area (Å²) in [6.07, 6.45) is 1.15. The second kappa shape index (κ2) is 4.59. The third kappa shape index (κ3) is 2.38. The molecule has 0 aliphatic carbocycles. The molecule has 2 heterocycles. The fourth-order valence-electron chi connectivity index (χ4n) is 2.25. The normalized spacial score (nSPS) is 12.1. The summed E-state index contributed by atoms with van der Waals surface area (Å²) in [5.74, 6) is 0.860. The van der Waals surface area contributed by atoms with E-state index in [1.54, 1.807) is 22.8 Å². The number of benzene rings is 1. The fraction of sp³-hybridized carbons (Fsp3) is 0.231. The van der Waals surface area contributed by atoms with Crippen molar-refractivity contribution >= 4 is 26.8 Å². The van der Waals surface area contributed by atoms with Crippen molar-refractivity contribution in [2.45, 2.75) is 18.4 Å². The molecule has 1 aromatic carbocycles. The molecule has 8 heteroatoms. The molecule has 0 amide bonds. The molecule has 0 aliphatic heterocycles. The average Bonchev–Trinajstić information content (AvgIpc) is 2.93. The van der Waals surface area contributed by atoms with Crippen molar-refractivity contribution in [3.63, 3.8) is 0 Å². The lowest BCUT2D eigenvalue weighted by Gasteiger charge is -2.04. The molecule has 0 aliphatic rings. The van der Waals surface area contributed by atoms with Crippen LogP contribution in [0.15, 0.2) is 33.7 Å². The van der Waals surface area contributed by atoms with Crippen molar-refractivity contribution in [3.8, 4) is 0 Å². The number of nitrogens with two attached hydrogens (primary N) is 1. The first-order valence-electron chi connectivity index (χ1n) is 6.23. The van der Waals surface area contributed by atoms with Crippen molar-refractivity contribution in [2.24, 2.45) is 0 Å². The first kappa shape index (κ1) is 13.6. The zero-order chi connectivity index (χ0) is 15.2. The number of aryl methyl sites for hydroxylation is 1. The summed E-state index contributed by atoms with van der Waals surface area (Å²) in [6, 6.07) is 6.76. The van der Waals surface area contributed by atoms with E-state index in [1.165, 1.54) is 6.07 Å². The van der Waals surface area contributed by atoms with Gasteiger partial charge in [0.2, 0.25) is 5.95 Å². The Morgan fingerprint density at radius 3 is 2.76 bits per heavy atom. The summed E-state index contributed by atoms with van der Waals surface area (Å²) in [5, 5.41) is 3.82. The summed E-state index contributed by atoms with van der Waals surface area (Å²) in [4.78, 5) is 4.35. The predicted molar refractivity (Wildman–Crippen MR) is 77.6 cm³/mol. The average molecular weight is 306 g/mol. The van der Waals surface area contributed by atoms with Crippen LogP contribution in [0, 0.1) is 6.92 Å². The van der Waals surface area contributed by atoms with E-state index in [9.17, 15) is 8.42 Å². The molecule has 0 bridgehead atoms. The summed E-state index contributed by atoms with van der Waals surface area (Å²) in [7, 11) is -3.37. The Balaban J connectivity index is 2.18. The molecule has 0 radical (unpaired) electrons. The maximum atomic E-state index is 11.8. The van der Waals surface area contributed by atoms with Gasteiger partial charge in [-0.25, -0.2) is 13.4 Å². The predicted octanol–water partition coefficient (Wildman–Crippen LogP) is 1.37. The highest BCUT2D eigenvalue weighted by Crippen LogP contribution is 2.25. The van der Waals surface area contributed by atoms with Crippen LogP contribution in [0.4, 0.5) is 5.95 Å². The molecule has 0 spiro atoms. The number of sulfone groups is 1. The highest BCUT2D eigenvalue weighted by molar-refractivity contribution is 7.91. The second-order valence-electron chi connectivity index (χ2n) is 4.89. The molecule has 7 nitrogen and oxygen atoms in total. The zero-order valence-corrected chi connectivity index (χ0v) is 12.4. The van der Waals surface area contributed by atoms with E-state index in [-0.39, 0.29) is 10.8 Å². The zero-order valence-electron chi connectivity index (χ0n) is 11.6. The van der Waals surface area contributed by atoms with Crippen LogP contribution in [-0.2, 0) is 16.4 Å². The highest BCUT2D eigenvalue weighted by Gasteiger charge is 2.18. The van der Waals surface area contributed by atoms with Crippen molar-refractivity contribution < 1.29 is 12.9 Å². The van der Waals surface area contributed by atoms with E-state index in [0.717, 1.165) is 11.9 Å². The van der Waals surface area contributed by atoms with Gasteiger partial charge in [0.15, 0.2) is 15.6 Å². The molecule has 0 atom stereocenters. The van der Waals surface area contributed by atoms with E-state index in [1.807, 2.05) is 6.92 Å². The number of hydrogen-bond acceptors (Lipinski definition) is 6. The minimum Gasteiger partial charge on any atom is -0.369 e. The first-order chi connectivity index (χ1) is 9.86. The Bertz CT molecular complexity index is 924. The van der Waals surface area contributed by atoms with E-state index in [0.29, 0.717) is 23.3 Å². The lowest BCUT2D eigenvalue weighted by Crippen LogP contribution is -2.03. The molecule has 110 valence electrons. The van der Waals surface area contributed by atoms with E-state index >= 15 is 0 Å². The molecule has 0 saturated heterocycles. The number of rotatable bonds is 3. The van der Waals surface area contributed by atoms with Gasteiger partial charge in [-0.2, -0.15) is 0 Å². The van der Waals surface area contributed by atoms with Gasteiger partial charge in [0.05, 0.1) is 22.7 Å². The molecule has 0 unspecified atom stereocenters. The molecule has 21 heavy (non-hydrogen) atoms. The minimum atomic E-state index is -3.37. The molecule has 3 rings (SSSR count). The van der Waals surface area contributed by atoms with Crippen LogP contribution >= 0.6 is 0 Å². The third-order valence-corrected chi connectivity index (χ3v) is 4.29. The van der Waals surface area contributed by atoms with E-state index in [2.05, 4.69) is 10.1 Å². The number of nitrogens with zero attached hydrogens (tertiary/aromatic N) is 3. The SMILES string of the molecule is Cc1cc(Cn2c(N)nc3c(S(C)(=O)=O)cccc32)on1. The lowest BCUT2D eigenvalue weighted by molar-refractivity contribution is 0.374. The lowest BCUT2D eigenvalue weighted by atomic mass is 10.3. The number of anilines is 1. The number of imidazole rings is 1. The van der Waals surface area contributed by atoms with E-state index < -0.39 is 9.84 Å². The molecule has 0 fully saturated rings. The van der Waals surface area contributed by atoms with Gasteiger partial charge in [0.25, 0.3) is 0 Å². The molecule has 0 saturated carbocycles. The maximum absolute atomic E-state index is 11.8. The standard InChI is InChI=1S/C13H14N4O3S/c1-8-6-9(20-16-8)7-17-10-4-3-5-11(21(2,18)19)12(10)15-13(17)14/h3-6H,7H2,1-2H3,(H2,14,15). The van der Waals surface area contributed by atoms with Crippen LogP contribution in [0.3, 0.4) is 0 Å². The largest absolute Gasteiger partial charge is 0.369 e. The summed E-state index contributed by atoms with van der Waals surface area (Å²) in [5.41, 5.74) is 7.70. The van der Waals surface area contributed by atoms with Crippen LogP contribution < -0.4 is 5.73 Å². The molecule has 3 aromatic rings. The topological polar surface area (TPSA) is 104 Å². The van der Waals surface area contributed by atoms with Crippen molar-refractivity contribution in [3.05, 3.63) is 35.7 Å². The molecular formula is C13H14N4O3S. The Hall–Kier alpha value is -2.35. The fourth-order valence-corrected chi connectivity index (χ4v) is 3.08. The van der Waals surface area contributed by atoms with Gasteiger partial charge in [-0.05, 0) is 19.1 Å². The number of fused-ring (bicyclic) bond motifs is 1. The number of para-hydroxylation sites is 1. The Morgan fingerprint density at radius 1 is 1.38 bits per heavy atom. The van der Waals surface area contributed by atoms with Gasteiger partial charge in [0, 0.05) is 12.3 Å². The summed E-state index contributed by atoms with van der Waals surface area (Å²) in [6.45, 7) is 2.17. The number of hydrogen-bond donors (Lipinski definition) is 1. The maximum Gasteiger partial charge on any atom is 0.201 e. The van der Waals surface area contributed by atoms with Crippen LogP contribution in [0.2, 0.25) is 0 Å². The Labute approximate surface area is 121 Å². The highest BCUT2D eigenvalue weighted by atomic mass is 32.2. The van der Waals surface area contributed by atoms with Crippen LogP contribution in [-0.4, -0.2) is 29.4 Å². The van der Waals surface area contributed by atoms with Crippen molar-refractivity contribution in [1.82, 2.24) is 14.7 Å². The van der Waals surface area contributed by atoms with Crippen molar-refractivity contribution in [1.29, 1.82) is 0 Å². The number of nitrogen functional groups attached to an aromatic ring is 1. The molecular weight excluding hydrogens is 292 g/mol. The first-order valence-corrected chi connectivity index (χ1v) is 8.12. The summed E-state index contributed by atoms with van der Waals surface area (Å²) >= 11 is 0. The van der Waals surface area contributed by atoms with Gasteiger partial charge in [0.1, 0.15) is 5.52 Å². The van der Waals surface area contributed by atoms with Gasteiger partial charge < -0.3 is 14.8 Å². The summed E-state index contributed by atoms with van der Waals surface area (Å²) < 4.78 is 30.5.